The number of alkyl halides is 3. The average Bonchev–Trinajstić information content (AvgIpc) is 2.84. The zero-order chi connectivity index (χ0) is 22.8. The van der Waals surface area contributed by atoms with Gasteiger partial charge in [0.2, 0.25) is 5.95 Å². The fourth-order valence-corrected chi connectivity index (χ4v) is 4.28. The minimum Gasteiger partial charge on any atom is -0.405 e. The van der Waals surface area contributed by atoms with Gasteiger partial charge in [-0.3, -0.25) is 0 Å². The Morgan fingerprint density at radius 3 is 2.68 bits per heavy atom. The van der Waals surface area contributed by atoms with Gasteiger partial charge in [-0.05, 0) is 25.0 Å². The Hall–Kier alpha value is -2.60. The fraction of sp³-hybridized carbons (Fsp3) is 0.474. The molecule has 0 amide bonds. The quantitative estimate of drug-likeness (QED) is 0.726. The number of rotatable bonds is 5. The SMILES string of the molecule is Cc1cc(N2CCCOC[C@H]2c2ccc(CS(C)(=O)=O)cc2OC(F)(F)F)nc(N)n1. The van der Waals surface area contributed by atoms with E-state index in [4.69, 9.17) is 10.5 Å². The minimum absolute atomic E-state index is 0.0502. The maximum absolute atomic E-state index is 13.1. The first-order valence-corrected chi connectivity index (χ1v) is 11.5. The molecule has 0 aliphatic carbocycles. The number of benzene rings is 1. The number of aryl methyl sites for hydroxylation is 1. The molecule has 1 saturated heterocycles. The van der Waals surface area contributed by atoms with Crippen molar-refractivity contribution in [1.29, 1.82) is 0 Å². The molecule has 1 fully saturated rings. The molecule has 0 saturated carbocycles. The van der Waals surface area contributed by atoms with E-state index >= 15 is 0 Å². The summed E-state index contributed by atoms with van der Waals surface area (Å²) in [6.45, 7) is 2.71. The maximum Gasteiger partial charge on any atom is 0.573 e. The number of nitrogen functional groups attached to an aromatic ring is 1. The molecule has 0 spiro atoms. The lowest BCUT2D eigenvalue weighted by molar-refractivity contribution is -0.275. The summed E-state index contributed by atoms with van der Waals surface area (Å²) in [6.07, 6.45) is -3.32. The van der Waals surface area contributed by atoms with E-state index in [1.54, 1.807) is 17.9 Å². The summed E-state index contributed by atoms with van der Waals surface area (Å²) in [4.78, 5) is 10.1. The van der Waals surface area contributed by atoms with Crippen LogP contribution in [0.3, 0.4) is 0 Å². The Labute approximate surface area is 178 Å². The molecule has 8 nitrogen and oxygen atoms in total. The van der Waals surface area contributed by atoms with Crippen molar-refractivity contribution in [1.82, 2.24) is 9.97 Å². The number of ether oxygens (including phenoxy) is 2. The number of hydrogen-bond acceptors (Lipinski definition) is 8. The molecule has 1 aliphatic heterocycles. The monoisotopic (exact) mass is 460 g/mol. The Morgan fingerprint density at radius 1 is 1.29 bits per heavy atom. The second-order valence-corrected chi connectivity index (χ2v) is 9.49. The highest BCUT2D eigenvalue weighted by Crippen LogP contribution is 2.37. The Bertz CT molecular complexity index is 1030. The van der Waals surface area contributed by atoms with Crippen LogP contribution in [-0.4, -0.2) is 50.8 Å². The highest BCUT2D eigenvalue weighted by molar-refractivity contribution is 7.89. The van der Waals surface area contributed by atoms with Crippen molar-refractivity contribution in [2.24, 2.45) is 0 Å². The van der Waals surface area contributed by atoms with Crippen molar-refractivity contribution in [2.45, 2.75) is 31.5 Å². The Kier molecular flexibility index (Phi) is 6.60. The van der Waals surface area contributed by atoms with Crippen molar-refractivity contribution in [3.05, 3.63) is 41.1 Å². The summed E-state index contributed by atoms with van der Waals surface area (Å²) >= 11 is 0. The van der Waals surface area contributed by atoms with E-state index in [0.29, 0.717) is 31.1 Å². The van der Waals surface area contributed by atoms with Crippen LogP contribution in [0.5, 0.6) is 5.75 Å². The zero-order valence-electron chi connectivity index (χ0n) is 17.0. The van der Waals surface area contributed by atoms with E-state index in [2.05, 4.69) is 14.7 Å². The van der Waals surface area contributed by atoms with E-state index in [1.807, 2.05) is 0 Å². The third kappa shape index (κ3) is 6.44. The van der Waals surface area contributed by atoms with Gasteiger partial charge in [-0.2, -0.15) is 4.98 Å². The molecular weight excluding hydrogens is 437 g/mol. The summed E-state index contributed by atoms with van der Waals surface area (Å²) in [5.41, 5.74) is 6.77. The van der Waals surface area contributed by atoms with E-state index < -0.39 is 33.7 Å². The first kappa shape index (κ1) is 23.1. The lowest BCUT2D eigenvalue weighted by atomic mass is 10.0. The molecule has 2 heterocycles. The van der Waals surface area contributed by atoms with Crippen LogP contribution < -0.4 is 15.4 Å². The number of nitrogens with zero attached hydrogens (tertiary/aromatic N) is 3. The summed E-state index contributed by atoms with van der Waals surface area (Å²) in [7, 11) is -3.45. The topological polar surface area (TPSA) is 108 Å². The molecule has 1 aromatic carbocycles. The third-order valence-electron chi connectivity index (χ3n) is 4.58. The molecule has 1 aliphatic rings. The molecular formula is C19H23F3N4O4S. The summed E-state index contributed by atoms with van der Waals surface area (Å²) in [5, 5.41) is 0. The molecule has 1 atom stereocenters. The number of nitrogens with two attached hydrogens (primary N) is 1. The Balaban J connectivity index is 2.09. The second kappa shape index (κ2) is 8.87. The van der Waals surface area contributed by atoms with Gasteiger partial charge in [0.25, 0.3) is 0 Å². The maximum atomic E-state index is 13.1. The normalized spacial score (nSPS) is 18.0. The highest BCUT2D eigenvalue weighted by atomic mass is 32.2. The predicted octanol–water partition coefficient (Wildman–Crippen LogP) is 2.78. The van der Waals surface area contributed by atoms with Crippen molar-refractivity contribution in [3.8, 4) is 5.75 Å². The van der Waals surface area contributed by atoms with Gasteiger partial charge in [0, 0.05) is 36.7 Å². The molecule has 1 aromatic heterocycles. The van der Waals surface area contributed by atoms with Crippen LogP contribution in [0.4, 0.5) is 24.9 Å². The third-order valence-corrected chi connectivity index (χ3v) is 5.44. The van der Waals surface area contributed by atoms with E-state index in [0.717, 1.165) is 12.3 Å². The van der Waals surface area contributed by atoms with Crippen molar-refractivity contribution in [2.75, 3.05) is 36.6 Å². The van der Waals surface area contributed by atoms with E-state index in [1.165, 1.54) is 12.1 Å². The van der Waals surface area contributed by atoms with Crippen LogP contribution >= 0.6 is 0 Å². The molecule has 170 valence electrons. The largest absolute Gasteiger partial charge is 0.573 e. The predicted molar refractivity (Wildman–Crippen MR) is 108 cm³/mol. The number of anilines is 2. The summed E-state index contributed by atoms with van der Waals surface area (Å²) < 4.78 is 72.6. The van der Waals surface area contributed by atoms with Crippen LogP contribution in [0.2, 0.25) is 0 Å². The molecule has 2 N–H and O–H groups in total. The van der Waals surface area contributed by atoms with Gasteiger partial charge >= 0.3 is 6.36 Å². The van der Waals surface area contributed by atoms with Gasteiger partial charge in [-0.25, -0.2) is 13.4 Å². The number of hydrogen-bond donors (Lipinski definition) is 1. The first-order chi connectivity index (χ1) is 14.4. The van der Waals surface area contributed by atoms with Gasteiger partial charge in [-0.15, -0.1) is 13.2 Å². The lowest BCUT2D eigenvalue weighted by Crippen LogP contribution is -2.32. The lowest BCUT2D eigenvalue weighted by Gasteiger charge is -2.32. The molecule has 0 bridgehead atoms. The minimum atomic E-state index is -4.95. The van der Waals surface area contributed by atoms with Crippen LogP contribution in [-0.2, 0) is 20.3 Å². The smallest absolute Gasteiger partial charge is 0.405 e. The standard InChI is InChI=1S/C19H23F3N4O4S/c1-12-8-17(25-18(23)24-12)26-6-3-7-29-10-15(26)14-5-4-13(11-31(2,27)28)9-16(14)30-19(20,21)22/h4-5,8-9,15H,3,6-7,10-11H2,1-2H3,(H2,23,24,25)/t15-/m0/s1. The van der Waals surface area contributed by atoms with Crippen molar-refractivity contribution >= 4 is 21.6 Å². The summed E-state index contributed by atoms with van der Waals surface area (Å²) in [5.74, 6) is -0.380. The first-order valence-electron chi connectivity index (χ1n) is 9.43. The molecule has 12 heteroatoms. The Morgan fingerprint density at radius 2 is 2.03 bits per heavy atom. The zero-order valence-corrected chi connectivity index (χ0v) is 17.8. The van der Waals surface area contributed by atoms with E-state index in [-0.39, 0.29) is 23.7 Å². The molecule has 2 aromatic rings. The number of aromatic nitrogens is 2. The average molecular weight is 460 g/mol. The molecule has 3 rings (SSSR count). The van der Waals surface area contributed by atoms with Crippen LogP contribution in [0.25, 0.3) is 0 Å². The van der Waals surface area contributed by atoms with Gasteiger partial charge in [-0.1, -0.05) is 12.1 Å². The highest BCUT2D eigenvalue weighted by Gasteiger charge is 2.35. The van der Waals surface area contributed by atoms with Crippen LogP contribution in [0.15, 0.2) is 24.3 Å². The fourth-order valence-electron chi connectivity index (χ4n) is 3.49. The van der Waals surface area contributed by atoms with Crippen LogP contribution in [0, 0.1) is 6.92 Å². The molecule has 31 heavy (non-hydrogen) atoms. The molecule has 0 radical (unpaired) electrons. The van der Waals surface area contributed by atoms with E-state index in [9.17, 15) is 21.6 Å². The second-order valence-electron chi connectivity index (χ2n) is 7.35. The number of halogens is 3. The van der Waals surface area contributed by atoms with Crippen molar-refractivity contribution in [3.63, 3.8) is 0 Å². The van der Waals surface area contributed by atoms with Gasteiger partial charge in [0.1, 0.15) is 11.6 Å². The van der Waals surface area contributed by atoms with Crippen molar-refractivity contribution < 1.29 is 31.1 Å². The van der Waals surface area contributed by atoms with Gasteiger partial charge in [0.05, 0.1) is 18.4 Å². The van der Waals surface area contributed by atoms with Crippen LogP contribution in [0.1, 0.15) is 29.3 Å². The molecule has 0 unspecified atom stereocenters. The van der Waals surface area contributed by atoms with Gasteiger partial charge in [0.15, 0.2) is 9.84 Å². The number of sulfone groups is 1. The van der Waals surface area contributed by atoms with Gasteiger partial charge < -0.3 is 20.1 Å². The summed E-state index contributed by atoms with van der Waals surface area (Å²) in [6, 6.07) is 5.04.